The third-order valence-corrected chi connectivity index (χ3v) is 6.59. The van der Waals surface area contributed by atoms with E-state index < -0.39 is 0 Å². The third kappa shape index (κ3) is 3.16. The molecule has 0 radical (unpaired) electrons. The van der Waals surface area contributed by atoms with Gasteiger partial charge in [-0.3, -0.25) is 4.79 Å². The summed E-state index contributed by atoms with van der Waals surface area (Å²) in [6.07, 6.45) is 8.22. The predicted octanol–water partition coefficient (Wildman–Crippen LogP) is 4.49. The summed E-state index contributed by atoms with van der Waals surface area (Å²) in [6, 6.07) is 7.10. The Morgan fingerprint density at radius 1 is 1.12 bits per heavy atom. The van der Waals surface area contributed by atoms with Gasteiger partial charge in [0.25, 0.3) is 0 Å². The van der Waals surface area contributed by atoms with Gasteiger partial charge in [0.15, 0.2) is 5.78 Å². The molecule has 24 heavy (non-hydrogen) atoms. The van der Waals surface area contributed by atoms with Gasteiger partial charge in [-0.1, -0.05) is 23.7 Å². The van der Waals surface area contributed by atoms with Crippen LogP contribution in [0.2, 0.25) is 5.02 Å². The molecule has 4 fully saturated rings. The van der Waals surface area contributed by atoms with Gasteiger partial charge in [0.05, 0.1) is 11.4 Å². The number of hydrogen-bond donors (Lipinski definition) is 2. The van der Waals surface area contributed by atoms with E-state index in [0.29, 0.717) is 22.8 Å². The molecule has 0 atom stereocenters. The lowest BCUT2D eigenvalue weighted by Gasteiger charge is -2.57. The van der Waals surface area contributed by atoms with Crippen molar-refractivity contribution in [3.8, 4) is 0 Å². The normalized spacial score (nSPS) is 33.6. The lowest BCUT2D eigenvalue weighted by molar-refractivity contribution is -0.0174. The van der Waals surface area contributed by atoms with Gasteiger partial charge >= 0.3 is 0 Å². The van der Waals surface area contributed by atoms with Crippen LogP contribution in [-0.4, -0.2) is 23.6 Å². The minimum atomic E-state index is -0.0575. The molecule has 0 unspecified atom stereocenters. The van der Waals surface area contributed by atoms with Crippen LogP contribution in [-0.2, 0) is 0 Å². The van der Waals surface area contributed by atoms with Crippen LogP contribution in [0.3, 0.4) is 0 Å². The molecule has 2 N–H and O–H groups in total. The lowest BCUT2D eigenvalue weighted by Crippen LogP contribution is -2.59. The predicted molar refractivity (Wildman–Crippen MR) is 97.0 cm³/mol. The van der Waals surface area contributed by atoms with Crippen molar-refractivity contribution in [1.29, 1.82) is 5.41 Å². The second-order valence-electron chi connectivity index (χ2n) is 8.23. The molecule has 4 saturated carbocycles. The lowest BCUT2D eigenvalue weighted by atomic mass is 9.53. The van der Waals surface area contributed by atoms with Crippen molar-refractivity contribution in [2.45, 2.75) is 50.5 Å². The molecule has 0 spiro atoms. The highest BCUT2D eigenvalue weighted by Gasteiger charge is 2.50. The van der Waals surface area contributed by atoms with Gasteiger partial charge in [-0.15, -0.1) is 0 Å². The Balaban J connectivity index is 1.34. The van der Waals surface area contributed by atoms with E-state index in [0.717, 1.165) is 17.8 Å². The summed E-state index contributed by atoms with van der Waals surface area (Å²) in [6.45, 7) is 0.530. The molecule has 128 valence electrons. The molecular formula is C20H25ClN2O. The average Bonchev–Trinajstić information content (AvgIpc) is 2.52. The van der Waals surface area contributed by atoms with Gasteiger partial charge in [-0.25, -0.2) is 0 Å². The van der Waals surface area contributed by atoms with Crippen LogP contribution in [0.15, 0.2) is 24.3 Å². The number of Topliss-reactive ketones (excluding diaryl/α,β-unsaturated/α-hetero) is 1. The Kier molecular flexibility index (Phi) is 4.26. The molecule has 5 rings (SSSR count). The van der Waals surface area contributed by atoms with Crippen LogP contribution in [0.4, 0.5) is 0 Å². The Morgan fingerprint density at radius 3 is 2.29 bits per heavy atom. The van der Waals surface area contributed by atoms with Gasteiger partial charge in [-0.2, -0.15) is 0 Å². The van der Waals surface area contributed by atoms with Gasteiger partial charge in [0.2, 0.25) is 0 Å². The maximum absolute atomic E-state index is 12.3. The van der Waals surface area contributed by atoms with Crippen molar-refractivity contribution >= 4 is 23.1 Å². The van der Waals surface area contributed by atoms with Crippen LogP contribution >= 0.6 is 11.6 Å². The van der Waals surface area contributed by atoms with E-state index in [1.165, 1.54) is 38.5 Å². The van der Waals surface area contributed by atoms with E-state index in [-0.39, 0.29) is 17.7 Å². The number of rotatable bonds is 6. The van der Waals surface area contributed by atoms with E-state index in [9.17, 15) is 4.79 Å². The number of carbonyl (C=O) groups excluding carboxylic acids is 1. The van der Waals surface area contributed by atoms with Crippen molar-refractivity contribution in [2.24, 2.45) is 17.8 Å². The van der Waals surface area contributed by atoms with Crippen LogP contribution in [0.5, 0.6) is 0 Å². The Bertz CT molecular complexity index is 634. The van der Waals surface area contributed by atoms with E-state index in [1.807, 2.05) is 12.1 Å². The number of halogens is 1. The fraction of sp³-hybridized carbons (Fsp3) is 0.600. The van der Waals surface area contributed by atoms with Crippen LogP contribution in [0.25, 0.3) is 0 Å². The smallest absolute Gasteiger partial charge is 0.169 e. The first-order chi connectivity index (χ1) is 11.5. The van der Waals surface area contributed by atoms with Gasteiger partial charge in [0.1, 0.15) is 0 Å². The molecule has 4 aliphatic rings. The Labute approximate surface area is 148 Å². The number of hydrogen-bond acceptors (Lipinski definition) is 3. The fourth-order valence-corrected chi connectivity index (χ4v) is 5.90. The fourth-order valence-electron chi connectivity index (χ4n) is 5.66. The standard InChI is InChI=1S/C20H25ClN2O/c21-18-4-2-1-3-17(18)19(24)8-16(22)12-23-20-9-13-5-14(10-20)7-15(6-13)11-20/h1-4,13-15,22-23H,5-12H2. The minimum absolute atomic E-state index is 0.0575. The Hall–Kier alpha value is -1.19. The van der Waals surface area contributed by atoms with Crippen LogP contribution in [0.1, 0.15) is 55.3 Å². The highest BCUT2D eigenvalue weighted by molar-refractivity contribution is 6.34. The summed E-state index contributed by atoms with van der Waals surface area (Å²) in [5.41, 5.74) is 1.24. The highest BCUT2D eigenvalue weighted by Crippen LogP contribution is 2.55. The quantitative estimate of drug-likeness (QED) is 0.590. The average molecular weight is 345 g/mol. The van der Waals surface area contributed by atoms with Gasteiger partial charge < -0.3 is 10.7 Å². The first-order valence-corrected chi connectivity index (χ1v) is 9.50. The van der Waals surface area contributed by atoms with Crippen LogP contribution < -0.4 is 5.32 Å². The molecule has 4 bridgehead atoms. The largest absolute Gasteiger partial charge is 0.308 e. The zero-order valence-corrected chi connectivity index (χ0v) is 14.7. The van der Waals surface area contributed by atoms with Gasteiger partial charge in [-0.05, 0) is 68.4 Å². The molecule has 4 aliphatic carbocycles. The van der Waals surface area contributed by atoms with Crippen molar-refractivity contribution < 1.29 is 4.79 Å². The molecule has 0 amide bonds. The van der Waals surface area contributed by atoms with Crippen molar-refractivity contribution in [3.05, 3.63) is 34.9 Å². The molecule has 3 nitrogen and oxygen atoms in total. The first kappa shape index (κ1) is 16.3. The molecule has 0 aromatic heterocycles. The molecule has 1 aromatic rings. The molecule has 0 saturated heterocycles. The summed E-state index contributed by atoms with van der Waals surface area (Å²) >= 11 is 6.08. The number of benzene rings is 1. The Morgan fingerprint density at radius 2 is 1.71 bits per heavy atom. The molecule has 0 aliphatic heterocycles. The summed E-state index contributed by atoms with van der Waals surface area (Å²) < 4.78 is 0. The second kappa shape index (κ2) is 6.27. The van der Waals surface area contributed by atoms with E-state index in [1.54, 1.807) is 12.1 Å². The number of ketones is 1. The molecule has 4 heteroatoms. The van der Waals surface area contributed by atoms with E-state index in [4.69, 9.17) is 17.0 Å². The maximum atomic E-state index is 12.3. The topological polar surface area (TPSA) is 53.0 Å². The summed E-state index contributed by atoms with van der Waals surface area (Å²) in [4.78, 5) is 12.3. The van der Waals surface area contributed by atoms with Crippen molar-refractivity contribution in [2.75, 3.05) is 6.54 Å². The summed E-state index contributed by atoms with van der Waals surface area (Å²) in [5.74, 6) is 2.62. The van der Waals surface area contributed by atoms with Crippen molar-refractivity contribution in [3.63, 3.8) is 0 Å². The maximum Gasteiger partial charge on any atom is 0.169 e. The van der Waals surface area contributed by atoms with Gasteiger partial charge in [0, 0.05) is 23.4 Å². The monoisotopic (exact) mass is 344 g/mol. The SMILES string of the molecule is N=C(CNC12CC3CC(CC(C3)C1)C2)CC(=O)c1ccccc1Cl. The molecular weight excluding hydrogens is 320 g/mol. The summed E-state index contributed by atoms with van der Waals surface area (Å²) in [5, 5.41) is 12.4. The van der Waals surface area contributed by atoms with E-state index >= 15 is 0 Å². The van der Waals surface area contributed by atoms with Crippen molar-refractivity contribution in [1.82, 2.24) is 5.32 Å². The zero-order chi connectivity index (χ0) is 16.7. The minimum Gasteiger partial charge on any atom is -0.308 e. The third-order valence-electron chi connectivity index (χ3n) is 6.26. The number of nitrogens with one attached hydrogen (secondary N) is 2. The number of carbonyl (C=O) groups is 1. The first-order valence-electron chi connectivity index (χ1n) is 9.12. The molecule has 1 aromatic carbocycles. The zero-order valence-electron chi connectivity index (χ0n) is 14.0. The summed E-state index contributed by atoms with van der Waals surface area (Å²) in [7, 11) is 0. The highest BCUT2D eigenvalue weighted by atomic mass is 35.5. The molecule has 0 heterocycles. The second-order valence-corrected chi connectivity index (χ2v) is 8.64. The van der Waals surface area contributed by atoms with Crippen LogP contribution in [0, 0.1) is 23.2 Å². The van der Waals surface area contributed by atoms with E-state index in [2.05, 4.69) is 5.32 Å².